The third kappa shape index (κ3) is 4.17. The van der Waals surface area contributed by atoms with E-state index in [0.717, 1.165) is 5.56 Å². The molecule has 19 heavy (non-hydrogen) atoms. The Labute approximate surface area is 111 Å². The van der Waals surface area contributed by atoms with Gasteiger partial charge in [-0.3, -0.25) is 14.9 Å². The monoisotopic (exact) mass is 264 g/mol. The van der Waals surface area contributed by atoms with Gasteiger partial charge in [0.2, 0.25) is 5.91 Å². The second kappa shape index (κ2) is 6.08. The van der Waals surface area contributed by atoms with Gasteiger partial charge >= 0.3 is 0 Å². The number of nitro benzene ring substituents is 1. The number of hydrogen-bond donors (Lipinski definition) is 1. The van der Waals surface area contributed by atoms with E-state index < -0.39 is 4.92 Å². The lowest BCUT2D eigenvalue weighted by molar-refractivity contribution is -0.385. The first-order chi connectivity index (χ1) is 8.81. The molecule has 0 saturated carbocycles. The molecule has 0 aliphatic heterocycles. The zero-order valence-electron chi connectivity index (χ0n) is 11.1. The van der Waals surface area contributed by atoms with E-state index in [4.69, 9.17) is 0 Å². The maximum Gasteiger partial charge on any atom is 0.274 e. The highest BCUT2D eigenvalue weighted by atomic mass is 16.6. The molecule has 1 rings (SSSR count). The fraction of sp³-hybridized carbons (Fsp3) is 0.385. The van der Waals surface area contributed by atoms with Gasteiger partial charge in [0.15, 0.2) is 0 Å². The second-order valence-electron chi connectivity index (χ2n) is 4.46. The molecule has 1 N–H and O–H groups in total. The Kier molecular flexibility index (Phi) is 4.74. The number of aryl methyl sites for hydroxylation is 2. The minimum Gasteiger partial charge on any atom is -0.326 e. The molecule has 0 spiro atoms. The van der Waals surface area contributed by atoms with Crippen LogP contribution in [0, 0.1) is 24.0 Å². The fourth-order valence-electron chi connectivity index (χ4n) is 1.67. The molecule has 1 aromatic carbocycles. The number of benzene rings is 1. The van der Waals surface area contributed by atoms with Gasteiger partial charge < -0.3 is 10.1 Å². The Morgan fingerprint density at radius 1 is 1.21 bits per heavy atom. The molecule has 0 aliphatic rings. The summed E-state index contributed by atoms with van der Waals surface area (Å²) in [5, 5.41) is 13.4. The van der Waals surface area contributed by atoms with Crippen LogP contribution in [0.25, 0.3) is 0 Å². The molecular weight excluding hydrogens is 248 g/mol. The minimum atomic E-state index is -0.486. The normalized spacial score (nSPS) is 10.1. The van der Waals surface area contributed by atoms with Crippen molar-refractivity contribution in [2.24, 2.45) is 0 Å². The van der Waals surface area contributed by atoms with Crippen molar-refractivity contribution in [3.8, 4) is 0 Å². The SMILES string of the molecule is CC(=O)CCC(=O)Nc1cc([N+](=O)[O-])c(C)cc1C. The predicted molar refractivity (Wildman–Crippen MR) is 71.1 cm³/mol. The van der Waals surface area contributed by atoms with Gasteiger partial charge in [-0.2, -0.15) is 0 Å². The number of carbonyl (C=O) groups excluding carboxylic acids is 2. The summed E-state index contributed by atoms with van der Waals surface area (Å²) >= 11 is 0. The second-order valence-corrected chi connectivity index (χ2v) is 4.46. The Morgan fingerprint density at radius 2 is 1.84 bits per heavy atom. The highest BCUT2D eigenvalue weighted by molar-refractivity contribution is 5.94. The molecule has 0 aromatic heterocycles. The quantitative estimate of drug-likeness (QED) is 0.653. The maximum absolute atomic E-state index is 11.6. The highest BCUT2D eigenvalue weighted by Crippen LogP contribution is 2.26. The average Bonchev–Trinajstić information content (AvgIpc) is 2.29. The van der Waals surface area contributed by atoms with Crippen LogP contribution in [0.4, 0.5) is 11.4 Å². The molecule has 0 atom stereocenters. The van der Waals surface area contributed by atoms with Crippen molar-refractivity contribution < 1.29 is 14.5 Å². The van der Waals surface area contributed by atoms with E-state index in [9.17, 15) is 19.7 Å². The van der Waals surface area contributed by atoms with Crippen LogP contribution in [0.5, 0.6) is 0 Å². The third-order valence-corrected chi connectivity index (χ3v) is 2.72. The van der Waals surface area contributed by atoms with Gasteiger partial charge in [-0.05, 0) is 32.4 Å². The molecule has 0 unspecified atom stereocenters. The van der Waals surface area contributed by atoms with Gasteiger partial charge in [-0.15, -0.1) is 0 Å². The first kappa shape index (κ1) is 14.8. The van der Waals surface area contributed by atoms with Gasteiger partial charge in [-0.25, -0.2) is 0 Å². The van der Waals surface area contributed by atoms with Crippen molar-refractivity contribution in [2.75, 3.05) is 5.32 Å². The molecular formula is C13H16N2O4. The summed E-state index contributed by atoms with van der Waals surface area (Å²) in [4.78, 5) is 32.7. The predicted octanol–water partition coefficient (Wildman–Crippen LogP) is 2.52. The molecule has 6 nitrogen and oxygen atoms in total. The molecule has 102 valence electrons. The number of amides is 1. The van der Waals surface area contributed by atoms with Crippen LogP contribution < -0.4 is 5.32 Å². The van der Waals surface area contributed by atoms with E-state index in [-0.39, 0.29) is 30.2 Å². The minimum absolute atomic E-state index is 0.0348. The van der Waals surface area contributed by atoms with Crippen LogP contribution in [-0.4, -0.2) is 16.6 Å². The number of nitro groups is 1. The number of rotatable bonds is 5. The van der Waals surface area contributed by atoms with E-state index in [1.54, 1.807) is 19.9 Å². The fourth-order valence-corrected chi connectivity index (χ4v) is 1.67. The van der Waals surface area contributed by atoms with Crippen LogP contribution in [-0.2, 0) is 9.59 Å². The van der Waals surface area contributed by atoms with Gasteiger partial charge in [0.25, 0.3) is 5.69 Å². The van der Waals surface area contributed by atoms with Crippen LogP contribution in [0.15, 0.2) is 12.1 Å². The number of ketones is 1. The number of nitrogens with one attached hydrogen (secondary N) is 1. The lowest BCUT2D eigenvalue weighted by Crippen LogP contribution is -2.13. The zero-order valence-corrected chi connectivity index (χ0v) is 11.1. The smallest absolute Gasteiger partial charge is 0.274 e. The number of nitrogens with zero attached hydrogens (tertiary/aromatic N) is 1. The van der Waals surface area contributed by atoms with E-state index in [1.165, 1.54) is 13.0 Å². The summed E-state index contributed by atoms with van der Waals surface area (Å²) in [6, 6.07) is 3.00. The Bertz CT molecular complexity index is 538. The molecule has 6 heteroatoms. The number of hydrogen-bond acceptors (Lipinski definition) is 4. The van der Waals surface area contributed by atoms with Gasteiger partial charge in [0, 0.05) is 24.5 Å². The molecule has 0 heterocycles. The van der Waals surface area contributed by atoms with Crippen molar-refractivity contribution in [1.29, 1.82) is 0 Å². The van der Waals surface area contributed by atoms with E-state index in [2.05, 4.69) is 5.32 Å². The van der Waals surface area contributed by atoms with Crippen molar-refractivity contribution in [3.05, 3.63) is 33.4 Å². The number of anilines is 1. The number of Topliss-reactive ketones (excluding diaryl/α,β-unsaturated/α-hetero) is 1. The van der Waals surface area contributed by atoms with Crippen LogP contribution in [0.3, 0.4) is 0 Å². The van der Waals surface area contributed by atoms with Gasteiger partial charge in [0.05, 0.1) is 10.6 Å². The molecule has 0 bridgehead atoms. The number of carbonyl (C=O) groups is 2. The summed E-state index contributed by atoms with van der Waals surface area (Å²) in [6.07, 6.45) is 0.245. The summed E-state index contributed by atoms with van der Waals surface area (Å²) in [6.45, 7) is 4.82. The Hall–Kier alpha value is -2.24. The van der Waals surface area contributed by atoms with Crippen LogP contribution in [0.1, 0.15) is 30.9 Å². The third-order valence-electron chi connectivity index (χ3n) is 2.72. The molecule has 1 amide bonds. The lowest BCUT2D eigenvalue weighted by atomic mass is 10.1. The molecule has 0 saturated heterocycles. The Morgan fingerprint density at radius 3 is 2.37 bits per heavy atom. The first-order valence-corrected chi connectivity index (χ1v) is 5.86. The van der Waals surface area contributed by atoms with Crippen LogP contribution in [0.2, 0.25) is 0 Å². The van der Waals surface area contributed by atoms with E-state index >= 15 is 0 Å². The average molecular weight is 264 g/mol. The zero-order chi connectivity index (χ0) is 14.6. The lowest BCUT2D eigenvalue weighted by Gasteiger charge is -2.09. The summed E-state index contributed by atoms with van der Waals surface area (Å²) in [5.41, 5.74) is 1.67. The van der Waals surface area contributed by atoms with Crippen molar-refractivity contribution in [2.45, 2.75) is 33.6 Å². The molecule has 0 aliphatic carbocycles. The van der Waals surface area contributed by atoms with Crippen LogP contribution >= 0.6 is 0 Å². The standard InChI is InChI=1S/C13H16N2O4/c1-8-6-9(2)12(15(18)19)7-11(8)14-13(17)5-4-10(3)16/h6-7H,4-5H2,1-3H3,(H,14,17). The summed E-state index contributed by atoms with van der Waals surface area (Å²) in [5.74, 6) is -0.391. The van der Waals surface area contributed by atoms with E-state index in [1.807, 2.05) is 0 Å². The molecule has 0 radical (unpaired) electrons. The highest BCUT2D eigenvalue weighted by Gasteiger charge is 2.15. The van der Waals surface area contributed by atoms with Crippen molar-refractivity contribution in [1.82, 2.24) is 0 Å². The topological polar surface area (TPSA) is 89.3 Å². The summed E-state index contributed by atoms with van der Waals surface area (Å²) in [7, 11) is 0. The maximum atomic E-state index is 11.6. The van der Waals surface area contributed by atoms with Gasteiger partial charge in [-0.1, -0.05) is 0 Å². The largest absolute Gasteiger partial charge is 0.326 e. The van der Waals surface area contributed by atoms with Gasteiger partial charge in [0.1, 0.15) is 5.78 Å². The van der Waals surface area contributed by atoms with E-state index in [0.29, 0.717) is 11.3 Å². The van der Waals surface area contributed by atoms with Crippen molar-refractivity contribution >= 4 is 23.1 Å². The molecule has 0 fully saturated rings. The summed E-state index contributed by atoms with van der Waals surface area (Å²) < 4.78 is 0. The van der Waals surface area contributed by atoms with Crippen molar-refractivity contribution in [3.63, 3.8) is 0 Å². The molecule has 1 aromatic rings. The first-order valence-electron chi connectivity index (χ1n) is 5.86. The Balaban J connectivity index is 2.89.